The van der Waals surface area contributed by atoms with E-state index in [0.29, 0.717) is 12.8 Å². The van der Waals surface area contributed by atoms with Crippen molar-refractivity contribution in [3.63, 3.8) is 0 Å². The Kier molecular flexibility index (Phi) is 46.2. The van der Waals surface area contributed by atoms with Gasteiger partial charge in [0.05, 0.1) is 25.4 Å². The lowest BCUT2D eigenvalue weighted by Gasteiger charge is -2.41. The molecule has 0 bridgehead atoms. The third-order valence-electron chi connectivity index (χ3n) is 13.3. The van der Waals surface area contributed by atoms with Gasteiger partial charge in [-0.3, -0.25) is 9.59 Å². The van der Waals surface area contributed by atoms with Crippen molar-refractivity contribution in [1.29, 1.82) is 0 Å². The SMILES string of the molecule is CCCCC/C=C\C/C=C\C/C=C\C/C=C\CCCCC(O)C(=O)NC(COC1OC(CO)C(O)C(O)C1OC(=O)CC/C=C/C/C=C\CCCCCCCC)C(O)/C=C/CCCCCCCCCCCCC. The number of amides is 1. The normalized spacial score (nSPS) is 20.0. The molecule has 1 amide bonds. The van der Waals surface area contributed by atoms with Crippen molar-refractivity contribution in [2.75, 3.05) is 13.2 Å². The summed E-state index contributed by atoms with van der Waals surface area (Å²) in [6.07, 6.45) is 53.5. The van der Waals surface area contributed by atoms with Gasteiger partial charge in [-0.2, -0.15) is 0 Å². The van der Waals surface area contributed by atoms with E-state index < -0.39 is 67.4 Å². The van der Waals surface area contributed by atoms with Crippen LogP contribution in [0.3, 0.4) is 0 Å². The monoisotopic (exact) mass is 1030 g/mol. The predicted molar refractivity (Wildman–Crippen MR) is 301 cm³/mol. The molecule has 8 unspecified atom stereocenters. The summed E-state index contributed by atoms with van der Waals surface area (Å²) in [4.78, 5) is 26.4. The van der Waals surface area contributed by atoms with E-state index in [1.54, 1.807) is 6.08 Å². The predicted octanol–water partition coefficient (Wildman–Crippen LogP) is 13.4. The molecule has 420 valence electrons. The maximum Gasteiger partial charge on any atom is 0.306 e. The maximum atomic E-state index is 13.4. The van der Waals surface area contributed by atoms with Gasteiger partial charge >= 0.3 is 5.97 Å². The molecule has 11 nitrogen and oxygen atoms in total. The topological polar surface area (TPSA) is 175 Å². The van der Waals surface area contributed by atoms with Crippen molar-refractivity contribution in [1.82, 2.24) is 5.32 Å². The molecule has 1 aliphatic rings. The number of unbranched alkanes of at least 4 members (excludes halogenated alkanes) is 22. The molecule has 0 spiro atoms. The summed E-state index contributed by atoms with van der Waals surface area (Å²) in [5, 5.41) is 56.8. The van der Waals surface area contributed by atoms with Crippen LogP contribution in [0.15, 0.2) is 85.1 Å². The molecule has 8 atom stereocenters. The molecule has 73 heavy (non-hydrogen) atoms. The fourth-order valence-electron chi connectivity index (χ4n) is 8.57. The number of allylic oxidation sites excluding steroid dienone is 13. The van der Waals surface area contributed by atoms with Crippen molar-refractivity contribution in [3.8, 4) is 0 Å². The van der Waals surface area contributed by atoms with E-state index in [4.69, 9.17) is 14.2 Å². The lowest BCUT2D eigenvalue weighted by atomic mass is 9.99. The molecule has 1 heterocycles. The second-order valence-electron chi connectivity index (χ2n) is 20.0. The number of carbonyl (C=O) groups excluding carboxylic acids is 2. The highest BCUT2D eigenvalue weighted by Crippen LogP contribution is 2.26. The van der Waals surface area contributed by atoms with Gasteiger partial charge in [-0.15, -0.1) is 0 Å². The minimum Gasteiger partial charge on any atom is -0.454 e. The smallest absolute Gasteiger partial charge is 0.306 e. The van der Waals surface area contributed by atoms with E-state index >= 15 is 0 Å². The third-order valence-corrected chi connectivity index (χ3v) is 13.3. The molecule has 0 aliphatic carbocycles. The van der Waals surface area contributed by atoms with Crippen LogP contribution in [0.25, 0.3) is 0 Å². The molecule has 1 fully saturated rings. The van der Waals surface area contributed by atoms with E-state index in [1.165, 1.54) is 109 Å². The summed E-state index contributed by atoms with van der Waals surface area (Å²) in [7, 11) is 0. The highest BCUT2D eigenvalue weighted by atomic mass is 16.7. The summed E-state index contributed by atoms with van der Waals surface area (Å²) in [5.41, 5.74) is 0. The van der Waals surface area contributed by atoms with Gasteiger partial charge in [0.15, 0.2) is 12.4 Å². The highest BCUT2D eigenvalue weighted by molar-refractivity contribution is 5.80. The van der Waals surface area contributed by atoms with Crippen LogP contribution >= 0.6 is 0 Å². The fourth-order valence-corrected chi connectivity index (χ4v) is 8.57. The zero-order chi connectivity index (χ0) is 53.3. The first-order valence-electron chi connectivity index (χ1n) is 29.4. The first-order chi connectivity index (χ1) is 35.7. The molecule has 11 heteroatoms. The number of aliphatic hydroxyl groups excluding tert-OH is 5. The lowest BCUT2D eigenvalue weighted by molar-refractivity contribution is -0.305. The quantitative estimate of drug-likeness (QED) is 0.0195. The van der Waals surface area contributed by atoms with Gasteiger partial charge in [0.1, 0.15) is 24.4 Å². The molecule has 1 rings (SSSR count). The van der Waals surface area contributed by atoms with Gasteiger partial charge in [0, 0.05) is 6.42 Å². The molecule has 0 radical (unpaired) electrons. The Morgan fingerprint density at radius 3 is 1.44 bits per heavy atom. The summed E-state index contributed by atoms with van der Waals surface area (Å²) < 4.78 is 17.5. The van der Waals surface area contributed by atoms with Crippen LogP contribution in [0.1, 0.15) is 233 Å². The van der Waals surface area contributed by atoms with Crippen LogP contribution in [-0.2, 0) is 23.8 Å². The molecule has 1 saturated heterocycles. The number of ether oxygens (including phenoxy) is 3. The molecule has 0 saturated carbocycles. The Hall–Kier alpha value is -3.16. The van der Waals surface area contributed by atoms with Crippen LogP contribution in [-0.4, -0.2) is 99.6 Å². The van der Waals surface area contributed by atoms with E-state index in [0.717, 1.165) is 77.0 Å². The summed E-state index contributed by atoms with van der Waals surface area (Å²) >= 11 is 0. The summed E-state index contributed by atoms with van der Waals surface area (Å²) in [6, 6.07) is -1.05. The number of hydrogen-bond donors (Lipinski definition) is 6. The van der Waals surface area contributed by atoms with Crippen LogP contribution in [0, 0.1) is 0 Å². The second-order valence-corrected chi connectivity index (χ2v) is 20.0. The molecule has 0 aromatic rings. The average Bonchev–Trinajstić information content (AvgIpc) is 3.39. The Morgan fingerprint density at radius 2 is 0.945 bits per heavy atom. The Morgan fingerprint density at radius 1 is 0.534 bits per heavy atom. The van der Waals surface area contributed by atoms with Crippen LogP contribution in [0.5, 0.6) is 0 Å². The number of rotatable bonds is 48. The van der Waals surface area contributed by atoms with Gasteiger partial charge in [-0.05, 0) is 89.9 Å². The standard InChI is InChI=1S/C62H107NO10/c1-4-7-10-13-16-19-22-25-26-27-28-29-32-34-37-40-43-46-49-55(66)61(70)63-53(54(65)48-45-42-39-36-33-30-23-20-17-14-11-8-5-2)52-71-62-60(59(69)58(68)56(51-64)72-62)73-57(67)50-47-44-41-38-35-31-24-21-18-15-12-9-6-3/h16,19,25-26,28-29,31,34-35,37,41,44-45,48,53-56,58-60,62,64-66,68-69H,4-15,17-18,20-24,27,30,32-33,36,38-40,42-43,46-47,49-52H2,1-3H3,(H,63,70)/b19-16-,26-25-,29-28-,35-31-,37-34-,44-41+,48-45+. The van der Waals surface area contributed by atoms with Crippen molar-refractivity contribution in [2.24, 2.45) is 0 Å². The largest absolute Gasteiger partial charge is 0.454 e. The first-order valence-corrected chi connectivity index (χ1v) is 29.4. The number of carbonyl (C=O) groups is 2. The van der Waals surface area contributed by atoms with E-state index in [-0.39, 0.29) is 19.4 Å². The molecule has 0 aromatic carbocycles. The van der Waals surface area contributed by atoms with Crippen molar-refractivity contribution < 1.29 is 49.3 Å². The average molecular weight is 1030 g/mol. The van der Waals surface area contributed by atoms with Gasteiger partial charge in [0.25, 0.3) is 0 Å². The Labute approximate surface area is 444 Å². The van der Waals surface area contributed by atoms with Crippen molar-refractivity contribution >= 4 is 11.9 Å². The van der Waals surface area contributed by atoms with E-state index in [9.17, 15) is 35.1 Å². The lowest BCUT2D eigenvalue weighted by Crippen LogP contribution is -2.61. The number of hydrogen-bond acceptors (Lipinski definition) is 10. The second kappa shape index (κ2) is 49.7. The van der Waals surface area contributed by atoms with Gasteiger partial charge in [-0.1, -0.05) is 221 Å². The number of aliphatic hydroxyl groups is 5. The van der Waals surface area contributed by atoms with Crippen LogP contribution in [0.4, 0.5) is 0 Å². The van der Waals surface area contributed by atoms with Crippen molar-refractivity contribution in [3.05, 3.63) is 85.1 Å². The molecular weight excluding hydrogens is 919 g/mol. The molecule has 6 N–H and O–H groups in total. The zero-order valence-electron chi connectivity index (χ0n) is 46.2. The molecule has 1 aliphatic heterocycles. The van der Waals surface area contributed by atoms with E-state index in [1.807, 2.05) is 18.2 Å². The number of esters is 1. The molecular formula is C62H107NO10. The minimum absolute atomic E-state index is 0.0101. The minimum atomic E-state index is -1.64. The van der Waals surface area contributed by atoms with E-state index in [2.05, 4.69) is 86.8 Å². The van der Waals surface area contributed by atoms with Crippen LogP contribution < -0.4 is 5.32 Å². The summed E-state index contributed by atoms with van der Waals surface area (Å²) in [6.45, 7) is 5.68. The van der Waals surface area contributed by atoms with Gasteiger partial charge in [-0.25, -0.2) is 0 Å². The van der Waals surface area contributed by atoms with Crippen molar-refractivity contribution in [2.45, 2.75) is 282 Å². The third kappa shape index (κ3) is 38.1. The first kappa shape index (κ1) is 67.9. The van der Waals surface area contributed by atoms with Gasteiger partial charge in [0.2, 0.25) is 5.91 Å². The van der Waals surface area contributed by atoms with Crippen LogP contribution in [0.2, 0.25) is 0 Å². The highest BCUT2D eigenvalue weighted by Gasteiger charge is 2.47. The number of nitrogens with one attached hydrogen (secondary N) is 1. The Balaban J connectivity index is 2.79. The maximum absolute atomic E-state index is 13.4. The van der Waals surface area contributed by atoms with Gasteiger partial charge < -0.3 is 45.1 Å². The fraction of sp³-hybridized carbons (Fsp3) is 0.742. The zero-order valence-corrected chi connectivity index (χ0v) is 46.2. The summed E-state index contributed by atoms with van der Waals surface area (Å²) in [5.74, 6) is -1.30. The Bertz CT molecular complexity index is 1510. The molecule has 0 aromatic heterocycles.